The fourth-order valence-corrected chi connectivity index (χ4v) is 3.88. The molecule has 0 saturated carbocycles. The molecule has 1 aliphatic rings. The fourth-order valence-electron chi connectivity index (χ4n) is 3.55. The average Bonchev–Trinajstić information content (AvgIpc) is 3.29. The van der Waals surface area contributed by atoms with Gasteiger partial charge in [-0.15, -0.1) is 0 Å². The molecule has 0 bridgehead atoms. The maximum absolute atomic E-state index is 12.9. The number of rotatable bonds is 6. The fraction of sp³-hybridized carbons (Fsp3) is 0.182. The molecule has 0 fully saturated rings. The van der Waals surface area contributed by atoms with E-state index in [4.69, 9.17) is 27.9 Å². The van der Waals surface area contributed by atoms with E-state index in [0.29, 0.717) is 11.6 Å². The summed E-state index contributed by atoms with van der Waals surface area (Å²) in [4.78, 5) is 43.6. The molecule has 2 heterocycles. The standard InChI is InChI=1S/C22H18Cl2N4O4/c1-27-7-6-25-20(27)19(12-4-3-5-13(8-12)32-2)26-18(29)11-28-21(30)14-9-16(23)17(24)10-15(14)22(28)31/h3-10,19H,11H2,1-2H3,(H,26,29). The van der Waals surface area contributed by atoms with Gasteiger partial charge in [0.1, 0.15) is 24.2 Å². The number of imidazole rings is 1. The summed E-state index contributed by atoms with van der Waals surface area (Å²) in [6, 6.07) is 9.25. The number of amides is 3. The minimum absolute atomic E-state index is 0.116. The Bertz CT molecular complexity index is 1200. The van der Waals surface area contributed by atoms with Crippen LogP contribution in [0.1, 0.15) is 38.1 Å². The van der Waals surface area contributed by atoms with E-state index >= 15 is 0 Å². The number of methoxy groups -OCH3 is 1. The summed E-state index contributed by atoms with van der Waals surface area (Å²) < 4.78 is 7.06. The highest BCUT2D eigenvalue weighted by atomic mass is 35.5. The van der Waals surface area contributed by atoms with E-state index in [0.717, 1.165) is 10.5 Å². The number of imide groups is 1. The lowest BCUT2D eigenvalue weighted by molar-refractivity contribution is -0.122. The van der Waals surface area contributed by atoms with Crippen LogP contribution in [0.3, 0.4) is 0 Å². The predicted molar refractivity (Wildman–Crippen MR) is 118 cm³/mol. The van der Waals surface area contributed by atoms with Gasteiger partial charge in [-0.25, -0.2) is 4.98 Å². The van der Waals surface area contributed by atoms with Gasteiger partial charge in [0.15, 0.2) is 0 Å². The van der Waals surface area contributed by atoms with E-state index in [2.05, 4.69) is 10.3 Å². The molecule has 1 unspecified atom stereocenters. The number of aryl methyl sites for hydroxylation is 1. The molecule has 8 nitrogen and oxygen atoms in total. The number of aromatic nitrogens is 2. The second-order valence-corrected chi connectivity index (χ2v) is 8.00. The van der Waals surface area contributed by atoms with Crippen molar-refractivity contribution in [3.05, 3.63) is 81.4 Å². The second-order valence-electron chi connectivity index (χ2n) is 7.18. The maximum Gasteiger partial charge on any atom is 0.262 e. The van der Waals surface area contributed by atoms with E-state index in [1.54, 1.807) is 49.3 Å². The number of fused-ring (bicyclic) bond motifs is 1. The molecule has 1 atom stereocenters. The smallest absolute Gasteiger partial charge is 0.262 e. The molecule has 0 aliphatic carbocycles. The molecule has 32 heavy (non-hydrogen) atoms. The van der Waals surface area contributed by atoms with E-state index in [-0.39, 0.29) is 21.2 Å². The molecule has 0 spiro atoms. The number of benzene rings is 2. The first-order chi connectivity index (χ1) is 15.3. The van der Waals surface area contributed by atoms with Crippen LogP contribution in [0.25, 0.3) is 0 Å². The lowest BCUT2D eigenvalue weighted by Gasteiger charge is -2.21. The molecule has 164 valence electrons. The molecule has 2 aromatic carbocycles. The lowest BCUT2D eigenvalue weighted by atomic mass is 10.1. The Balaban J connectivity index is 1.59. The summed E-state index contributed by atoms with van der Waals surface area (Å²) >= 11 is 12.0. The molecule has 3 aromatic rings. The third-order valence-electron chi connectivity index (χ3n) is 5.16. The predicted octanol–water partition coefficient (Wildman–Crippen LogP) is 3.24. The number of ether oxygens (including phenoxy) is 1. The quantitative estimate of drug-likeness (QED) is 0.555. The van der Waals surface area contributed by atoms with Crippen molar-refractivity contribution in [3.8, 4) is 5.75 Å². The second kappa shape index (κ2) is 8.64. The molecule has 0 radical (unpaired) electrons. The van der Waals surface area contributed by atoms with Crippen molar-refractivity contribution in [3.63, 3.8) is 0 Å². The summed E-state index contributed by atoms with van der Waals surface area (Å²) in [5, 5.41) is 3.19. The van der Waals surface area contributed by atoms with E-state index in [1.807, 2.05) is 6.07 Å². The Hall–Kier alpha value is -3.36. The first kappa shape index (κ1) is 21.9. The third-order valence-corrected chi connectivity index (χ3v) is 5.88. The molecule has 4 rings (SSSR count). The van der Waals surface area contributed by atoms with Crippen LogP contribution in [0.5, 0.6) is 5.75 Å². The van der Waals surface area contributed by atoms with Crippen LogP contribution in [0.15, 0.2) is 48.8 Å². The number of halogens is 2. The van der Waals surface area contributed by atoms with Gasteiger partial charge in [0.05, 0.1) is 28.3 Å². The van der Waals surface area contributed by atoms with Gasteiger partial charge in [-0.1, -0.05) is 35.3 Å². The van der Waals surface area contributed by atoms with Crippen LogP contribution >= 0.6 is 23.2 Å². The number of nitrogens with zero attached hydrogens (tertiary/aromatic N) is 3. The Morgan fingerprint density at radius 1 is 1.12 bits per heavy atom. The van der Waals surface area contributed by atoms with Gasteiger partial charge in [0.25, 0.3) is 11.8 Å². The largest absolute Gasteiger partial charge is 0.497 e. The molecular weight excluding hydrogens is 455 g/mol. The topological polar surface area (TPSA) is 93.5 Å². The van der Waals surface area contributed by atoms with Crippen molar-refractivity contribution in [2.24, 2.45) is 7.05 Å². The number of hydrogen-bond acceptors (Lipinski definition) is 5. The first-order valence-corrected chi connectivity index (χ1v) is 10.3. The summed E-state index contributed by atoms with van der Waals surface area (Å²) in [5.74, 6) is -0.549. The molecule has 1 N–H and O–H groups in total. The molecule has 3 amide bonds. The Labute approximate surface area is 193 Å². The average molecular weight is 473 g/mol. The van der Waals surface area contributed by atoms with Crippen LogP contribution in [0.2, 0.25) is 10.0 Å². The SMILES string of the molecule is COc1cccc(C(NC(=O)CN2C(=O)c3cc(Cl)c(Cl)cc3C2=O)c2nccn2C)c1. The van der Waals surface area contributed by atoms with Gasteiger partial charge >= 0.3 is 0 Å². The van der Waals surface area contributed by atoms with Crippen molar-refractivity contribution in [1.29, 1.82) is 0 Å². The highest BCUT2D eigenvalue weighted by Crippen LogP contribution is 2.31. The summed E-state index contributed by atoms with van der Waals surface area (Å²) in [5.41, 5.74) is 0.962. The molecule has 0 saturated heterocycles. The minimum Gasteiger partial charge on any atom is -0.497 e. The summed E-state index contributed by atoms with van der Waals surface area (Å²) in [6.07, 6.45) is 3.37. The normalized spacial score (nSPS) is 13.8. The number of nitrogens with one attached hydrogen (secondary N) is 1. The van der Waals surface area contributed by atoms with Crippen LogP contribution in [0, 0.1) is 0 Å². The van der Waals surface area contributed by atoms with Gasteiger partial charge in [0.2, 0.25) is 5.91 Å². The van der Waals surface area contributed by atoms with Crippen LogP contribution < -0.4 is 10.1 Å². The monoisotopic (exact) mass is 472 g/mol. The van der Waals surface area contributed by atoms with Crippen molar-refractivity contribution in [2.75, 3.05) is 13.7 Å². The van der Waals surface area contributed by atoms with E-state index in [1.165, 1.54) is 12.1 Å². The van der Waals surface area contributed by atoms with Gasteiger partial charge in [0, 0.05) is 19.4 Å². The number of carbonyl (C=O) groups is 3. The zero-order chi connectivity index (χ0) is 23.0. The summed E-state index contributed by atoms with van der Waals surface area (Å²) in [6.45, 7) is -0.466. The minimum atomic E-state index is -0.628. The number of carbonyl (C=O) groups excluding carboxylic acids is 3. The first-order valence-electron chi connectivity index (χ1n) is 9.56. The summed E-state index contributed by atoms with van der Waals surface area (Å²) in [7, 11) is 3.35. The van der Waals surface area contributed by atoms with E-state index in [9.17, 15) is 14.4 Å². The molecule has 10 heteroatoms. The van der Waals surface area contributed by atoms with Crippen LogP contribution in [0.4, 0.5) is 0 Å². The van der Waals surface area contributed by atoms with Gasteiger partial charge < -0.3 is 14.6 Å². The zero-order valence-corrected chi connectivity index (χ0v) is 18.6. The third kappa shape index (κ3) is 3.94. The van der Waals surface area contributed by atoms with Crippen molar-refractivity contribution in [1.82, 2.24) is 19.8 Å². The Morgan fingerprint density at radius 3 is 2.34 bits per heavy atom. The highest BCUT2D eigenvalue weighted by Gasteiger charge is 2.38. The van der Waals surface area contributed by atoms with E-state index < -0.39 is 30.3 Å². The molecule has 1 aromatic heterocycles. The van der Waals surface area contributed by atoms with Crippen molar-refractivity contribution >= 4 is 40.9 Å². The molecule has 1 aliphatic heterocycles. The van der Waals surface area contributed by atoms with Crippen molar-refractivity contribution < 1.29 is 19.1 Å². The Morgan fingerprint density at radius 2 is 1.78 bits per heavy atom. The van der Waals surface area contributed by atoms with Gasteiger partial charge in [-0.05, 0) is 29.8 Å². The van der Waals surface area contributed by atoms with Gasteiger partial charge in [-0.3, -0.25) is 19.3 Å². The van der Waals surface area contributed by atoms with Crippen molar-refractivity contribution in [2.45, 2.75) is 6.04 Å². The van der Waals surface area contributed by atoms with Gasteiger partial charge in [-0.2, -0.15) is 0 Å². The number of hydrogen-bond donors (Lipinski definition) is 1. The van der Waals surface area contributed by atoms with Crippen LogP contribution in [-0.4, -0.2) is 45.8 Å². The highest BCUT2D eigenvalue weighted by molar-refractivity contribution is 6.43. The maximum atomic E-state index is 12.9. The Kier molecular flexibility index (Phi) is 5.90. The zero-order valence-electron chi connectivity index (χ0n) is 17.1. The molecular formula is C22H18Cl2N4O4. The lowest BCUT2D eigenvalue weighted by Crippen LogP contribution is -2.42. The van der Waals surface area contributed by atoms with Crippen LogP contribution in [-0.2, 0) is 11.8 Å².